The second-order valence-electron chi connectivity index (χ2n) is 7.91. The van der Waals surface area contributed by atoms with Crippen molar-refractivity contribution in [2.24, 2.45) is 5.92 Å². The summed E-state index contributed by atoms with van der Waals surface area (Å²) in [6, 6.07) is 3.56. The first-order chi connectivity index (χ1) is 15.0. The number of alkyl halides is 1. The summed E-state index contributed by atoms with van der Waals surface area (Å²) < 4.78 is 38.8. The normalized spacial score (nSPS) is 15.2. The highest BCUT2D eigenvalue weighted by atomic mass is 32.2. The SMILES string of the molecule is N=C(NCCCCCCS(=O)(=O)N(CCF)OCC1CCCCC1)Nc1ccncc1. The number of halogens is 1. The Bertz CT molecular complexity index is 730. The molecule has 176 valence electrons. The Morgan fingerprint density at radius 2 is 1.87 bits per heavy atom. The Morgan fingerprint density at radius 3 is 2.58 bits per heavy atom. The second-order valence-corrected chi connectivity index (χ2v) is 9.89. The average molecular weight is 458 g/mol. The molecule has 2 rings (SSSR count). The molecule has 1 saturated carbocycles. The number of hydroxylamine groups is 1. The number of hydrogen-bond donors (Lipinski definition) is 3. The fraction of sp³-hybridized carbons (Fsp3) is 0.714. The predicted molar refractivity (Wildman–Crippen MR) is 121 cm³/mol. The summed E-state index contributed by atoms with van der Waals surface area (Å²) >= 11 is 0. The molecule has 31 heavy (non-hydrogen) atoms. The lowest BCUT2D eigenvalue weighted by Crippen LogP contribution is -2.36. The van der Waals surface area contributed by atoms with Crippen molar-refractivity contribution in [2.75, 3.05) is 37.4 Å². The summed E-state index contributed by atoms with van der Waals surface area (Å²) in [6.45, 7) is -0.0207. The van der Waals surface area contributed by atoms with Gasteiger partial charge in [-0.1, -0.05) is 36.6 Å². The fourth-order valence-corrected chi connectivity index (χ4v) is 4.94. The molecule has 1 aliphatic rings. The van der Waals surface area contributed by atoms with Crippen LogP contribution >= 0.6 is 0 Å². The van der Waals surface area contributed by atoms with Crippen LogP contribution in [-0.4, -0.2) is 56.0 Å². The summed E-state index contributed by atoms with van der Waals surface area (Å²) in [6.07, 6.45) is 11.8. The van der Waals surface area contributed by atoms with Crippen LogP contribution in [0.4, 0.5) is 10.1 Å². The number of nitrogens with one attached hydrogen (secondary N) is 3. The van der Waals surface area contributed by atoms with Gasteiger partial charge in [-0.2, -0.15) is 0 Å². The van der Waals surface area contributed by atoms with Crippen molar-refractivity contribution < 1.29 is 17.6 Å². The van der Waals surface area contributed by atoms with Gasteiger partial charge in [0, 0.05) is 24.6 Å². The van der Waals surface area contributed by atoms with Crippen LogP contribution < -0.4 is 10.6 Å². The van der Waals surface area contributed by atoms with Crippen LogP contribution in [0.1, 0.15) is 57.8 Å². The van der Waals surface area contributed by atoms with Gasteiger partial charge in [-0.25, -0.2) is 12.8 Å². The molecule has 0 saturated heterocycles. The molecule has 0 unspecified atom stereocenters. The van der Waals surface area contributed by atoms with E-state index >= 15 is 0 Å². The third kappa shape index (κ3) is 10.4. The predicted octanol–water partition coefficient (Wildman–Crippen LogP) is 3.69. The minimum absolute atomic E-state index is 0.0372. The molecule has 0 spiro atoms. The van der Waals surface area contributed by atoms with Gasteiger partial charge in [-0.15, -0.1) is 0 Å². The molecule has 0 amide bonds. The topological polar surface area (TPSA) is 107 Å². The zero-order chi connectivity index (χ0) is 22.4. The minimum atomic E-state index is -3.62. The zero-order valence-electron chi connectivity index (χ0n) is 18.2. The van der Waals surface area contributed by atoms with Crippen molar-refractivity contribution in [3.8, 4) is 0 Å². The van der Waals surface area contributed by atoms with Gasteiger partial charge >= 0.3 is 0 Å². The van der Waals surface area contributed by atoms with E-state index in [1.807, 2.05) is 0 Å². The molecular weight excluding hydrogens is 421 g/mol. The van der Waals surface area contributed by atoms with Gasteiger partial charge in [0.25, 0.3) is 0 Å². The van der Waals surface area contributed by atoms with Crippen molar-refractivity contribution in [1.82, 2.24) is 14.8 Å². The highest BCUT2D eigenvalue weighted by molar-refractivity contribution is 7.88. The van der Waals surface area contributed by atoms with Gasteiger partial charge in [0.05, 0.1) is 18.9 Å². The van der Waals surface area contributed by atoms with Gasteiger partial charge in [-0.3, -0.25) is 15.2 Å². The maximum atomic E-state index is 12.9. The Hall–Kier alpha value is -1.78. The number of unbranched alkanes of at least 4 members (excludes halogenated alkanes) is 3. The molecule has 0 atom stereocenters. The second kappa shape index (κ2) is 14.3. The largest absolute Gasteiger partial charge is 0.356 e. The number of nitrogens with zero attached hydrogens (tertiary/aromatic N) is 2. The highest BCUT2D eigenvalue weighted by Gasteiger charge is 2.24. The molecule has 0 bridgehead atoms. The van der Waals surface area contributed by atoms with Crippen LogP contribution in [0.2, 0.25) is 0 Å². The summed E-state index contributed by atoms with van der Waals surface area (Å²) in [5.74, 6) is 0.543. The highest BCUT2D eigenvalue weighted by Crippen LogP contribution is 2.24. The van der Waals surface area contributed by atoms with Gasteiger partial charge in [0.2, 0.25) is 10.0 Å². The van der Waals surface area contributed by atoms with Gasteiger partial charge in [0.1, 0.15) is 6.67 Å². The van der Waals surface area contributed by atoms with Gasteiger partial charge in [-0.05, 0) is 43.7 Å². The van der Waals surface area contributed by atoms with E-state index in [0.29, 0.717) is 25.5 Å². The lowest BCUT2D eigenvalue weighted by molar-refractivity contribution is -0.104. The minimum Gasteiger partial charge on any atom is -0.356 e. The van der Waals surface area contributed by atoms with Crippen LogP contribution in [0.25, 0.3) is 0 Å². The van der Waals surface area contributed by atoms with E-state index in [-0.39, 0.29) is 18.3 Å². The van der Waals surface area contributed by atoms with Crippen molar-refractivity contribution >= 4 is 21.7 Å². The summed E-state index contributed by atoms with van der Waals surface area (Å²) in [7, 11) is -3.62. The molecule has 1 aliphatic carbocycles. The van der Waals surface area contributed by atoms with Gasteiger partial charge < -0.3 is 10.6 Å². The maximum Gasteiger partial charge on any atom is 0.236 e. The van der Waals surface area contributed by atoms with E-state index in [2.05, 4.69) is 15.6 Å². The molecule has 0 aliphatic heterocycles. The number of pyridine rings is 1. The van der Waals surface area contributed by atoms with E-state index < -0.39 is 16.7 Å². The summed E-state index contributed by atoms with van der Waals surface area (Å²) in [5.41, 5.74) is 0.793. The number of guanidine groups is 1. The zero-order valence-corrected chi connectivity index (χ0v) is 19.0. The van der Waals surface area contributed by atoms with Crippen molar-refractivity contribution in [1.29, 1.82) is 5.41 Å². The van der Waals surface area contributed by atoms with E-state index in [1.165, 1.54) is 6.42 Å². The van der Waals surface area contributed by atoms with Crippen LogP contribution in [0, 0.1) is 11.3 Å². The standard InChI is InChI=1S/C21H36FN5O3S/c22-12-16-27(30-18-19-8-4-3-5-9-19)31(28,29)17-7-2-1-6-13-25-21(23)26-20-10-14-24-15-11-20/h10-11,14-15,19H,1-9,12-13,16-18H2,(H3,23,24,25,26). The van der Waals surface area contributed by atoms with E-state index in [4.69, 9.17) is 10.2 Å². The van der Waals surface area contributed by atoms with Crippen LogP contribution in [-0.2, 0) is 14.9 Å². The Labute approximate surface area is 185 Å². The molecule has 1 aromatic heterocycles. The third-order valence-corrected chi connectivity index (χ3v) is 7.05. The van der Waals surface area contributed by atoms with Crippen LogP contribution in [0.5, 0.6) is 0 Å². The number of sulfonamides is 1. The first-order valence-corrected chi connectivity index (χ1v) is 12.8. The van der Waals surface area contributed by atoms with E-state index in [1.54, 1.807) is 24.5 Å². The Morgan fingerprint density at radius 1 is 1.16 bits per heavy atom. The number of anilines is 1. The fourth-order valence-electron chi connectivity index (χ4n) is 3.60. The molecule has 8 nitrogen and oxygen atoms in total. The molecule has 0 aromatic carbocycles. The molecule has 1 heterocycles. The van der Waals surface area contributed by atoms with Crippen molar-refractivity contribution in [3.63, 3.8) is 0 Å². The maximum absolute atomic E-state index is 12.9. The third-order valence-electron chi connectivity index (χ3n) is 5.34. The van der Waals surface area contributed by atoms with Crippen LogP contribution in [0.15, 0.2) is 24.5 Å². The average Bonchev–Trinajstić information content (AvgIpc) is 2.77. The Balaban J connectivity index is 1.58. The molecular formula is C21H36FN5O3S. The summed E-state index contributed by atoms with van der Waals surface area (Å²) in [5, 5.41) is 13.8. The molecule has 10 heteroatoms. The Kier molecular flexibility index (Phi) is 11.8. The summed E-state index contributed by atoms with van der Waals surface area (Å²) in [4.78, 5) is 9.44. The molecule has 1 aromatic rings. The molecule has 1 fully saturated rings. The lowest BCUT2D eigenvalue weighted by Gasteiger charge is -2.25. The number of rotatable bonds is 14. The van der Waals surface area contributed by atoms with Crippen molar-refractivity contribution in [3.05, 3.63) is 24.5 Å². The van der Waals surface area contributed by atoms with E-state index in [9.17, 15) is 12.8 Å². The molecule has 0 radical (unpaired) electrons. The van der Waals surface area contributed by atoms with E-state index in [0.717, 1.165) is 55.1 Å². The van der Waals surface area contributed by atoms with Crippen molar-refractivity contribution in [2.45, 2.75) is 57.8 Å². The lowest BCUT2D eigenvalue weighted by atomic mass is 9.90. The van der Waals surface area contributed by atoms with Gasteiger partial charge in [0.15, 0.2) is 5.96 Å². The smallest absolute Gasteiger partial charge is 0.236 e. The first kappa shape index (κ1) is 25.5. The number of aromatic nitrogens is 1. The number of hydrogen-bond acceptors (Lipinski definition) is 5. The monoisotopic (exact) mass is 457 g/mol. The quantitative estimate of drug-likeness (QED) is 0.170. The molecule has 3 N–H and O–H groups in total. The first-order valence-electron chi connectivity index (χ1n) is 11.2. The van der Waals surface area contributed by atoms with Crippen LogP contribution in [0.3, 0.4) is 0 Å².